The van der Waals surface area contributed by atoms with Crippen molar-refractivity contribution >= 4 is 35.1 Å². The van der Waals surface area contributed by atoms with Gasteiger partial charge in [-0.1, -0.05) is 40.2 Å². The van der Waals surface area contributed by atoms with Crippen molar-refractivity contribution in [3.63, 3.8) is 0 Å². The molecule has 1 atom stereocenters. The zero-order valence-corrected chi connectivity index (χ0v) is 18.1. The molecule has 0 fully saturated rings. The van der Waals surface area contributed by atoms with E-state index in [0.717, 1.165) is 0 Å². The van der Waals surface area contributed by atoms with E-state index in [1.807, 2.05) is 0 Å². The van der Waals surface area contributed by atoms with E-state index in [1.54, 1.807) is 0 Å². The van der Waals surface area contributed by atoms with Crippen LogP contribution in [-0.2, 0) is 44.3 Å². The average Bonchev–Trinajstić information content (AvgIpc) is 3.09. The molecular weight excluding hydrogens is 579 g/mol. The summed E-state index contributed by atoms with van der Waals surface area (Å²) in [5.74, 6) is 0. The van der Waals surface area contributed by atoms with Gasteiger partial charge in [-0.25, -0.2) is 0 Å². The third-order valence-electron chi connectivity index (χ3n) is 2.59. The van der Waals surface area contributed by atoms with Crippen molar-refractivity contribution < 1.29 is 44.3 Å². The largest absolute Gasteiger partial charge is 0 e. The minimum absolute atomic E-state index is 0. The van der Waals surface area contributed by atoms with Gasteiger partial charge in [-0.2, -0.15) is 0 Å². The second-order valence-corrected chi connectivity index (χ2v) is 5.82. The summed E-state index contributed by atoms with van der Waals surface area (Å²) in [6.45, 7) is 22.5. The van der Waals surface area contributed by atoms with Gasteiger partial charge in [0.2, 0.25) is 0 Å². The Hall–Kier alpha value is -1.26. The Bertz CT molecular complexity index is 688. The van der Waals surface area contributed by atoms with Crippen LogP contribution in [0, 0.1) is 33.3 Å². The smallest absolute Gasteiger partial charge is 0 e. The van der Waals surface area contributed by atoms with Crippen molar-refractivity contribution in [2.45, 2.75) is 0 Å². The molecule has 2 aromatic carbocycles. The Morgan fingerprint density at radius 1 is 0.640 bits per heavy atom. The number of halogens is 1. The monoisotopic (exact) mass is 587 g/mol. The Morgan fingerprint density at radius 2 is 1.08 bits per heavy atom. The second-order valence-electron chi connectivity index (χ2n) is 3.44. The van der Waals surface area contributed by atoms with Gasteiger partial charge >= 0.3 is 56.5 Å². The van der Waals surface area contributed by atoms with Crippen LogP contribution in [0.15, 0.2) is 46.9 Å². The number of hydrogen-bond donors (Lipinski definition) is 0. The van der Waals surface area contributed by atoms with Crippen LogP contribution in [-0.4, -0.2) is 0 Å². The molecular formula is C17H9BrO5PW+. The molecule has 5 nitrogen and oxygen atoms in total. The molecule has 0 aliphatic carbocycles. The predicted octanol–water partition coefficient (Wildman–Crippen LogP) is 2.60. The second kappa shape index (κ2) is 22.7. The molecule has 0 amide bonds. The van der Waals surface area contributed by atoms with Gasteiger partial charge < -0.3 is 0 Å². The third-order valence-corrected chi connectivity index (χ3v) is 4.85. The van der Waals surface area contributed by atoms with Crippen LogP contribution >= 0.6 is 24.5 Å². The van der Waals surface area contributed by atoms with E-state index in [9.17, 15) is 0 Å². The summed E-state index contributed by atoms with van der Waals surface area (Å²) in [5.41, 5.74) is 2.84. The molecule has 8 heteroatoms. The maximum atomic E-state index is 7.50. The summed E-state index contributed by atoms with van der Waals surface area (Å²) in [7, 11) is 0.303. The van der Waals surface area contributed by atoms with Crippen LogP contribution in [0.25, 0.3) is 11.1 Å². The first-order valence-electron chi connectivity index (χ1n) is 5.61. The van der Waals surface area contributed by atoms with Gasteiger partial charge in [-0.3, -0.25) is 0 Å². The Morgan fingerprint density at radius 3 is 1.60 bits per heavy atom. The number of benzene rings is 2. The fourth-order valence-electron chi connectivity index (χ4n) is 1.96. The van der Waals surface area contributed by atoms with E-state index in [-0.39, 0.29) is 21.1 Å². The van der Waals surface area contributed by atoms with Crippen LogP contribution in [0.3, 0.4) is 0 Å². The van der Waals surface area contributed by atoms with Crippen molar-refractivity contribution in [1.82, 2.24) is 0 Å². The maximum absolute atomic E-state index is 7.50. The topological polar surface area (TPSA) is 99.5 Å². The molecule has 0 N–H and O–H groups in total. The van der Waals surface area contributed by atoms with Gasteiger partial charge in [-0.15, -0.1) is 0 Å². The molecule has 1 aliphatic heterocycles. The zero-order valence-electron chi connectivity index (χ0n) is 12.4. The number of rotatable bonds is 0. The van der Waals surface area contributed by atoms with Gasteiger partial charge in [-0.05, 0) is 18.2 Å². The van der Waals surface area contributed by atoms with E-state index in [2.05, 4.69) is 91.6 Å². The molecule has 2 aromatic rings. The first-order chi connectivity index (χ1) is 11.9. The minimum Gasteiger partial charge on any atom is 0 e. The standard InChI is InChI=1S/C12H8BrP.5CO.W/c13-9-5-3-7-11-12(9)8-4-1-2-6-10(8)14-11;5*1-2;/h1-7,14H;;;;;;/p+1. The molecule has 1 unspecified atom stereocenters. The Kier molecular flexibility index (Phi) is 28.7. The first kappa shape index (κ1) is 31.5. The first-order valence-corrected chi connectivity index (χ1v) is 7.56. The molecule has 0 radical (unpaired) electrons. The predicted molar refractivity (Wildman–Crippen MR) is 88.2 cm³/mol. The van der Waals surface area contributed by atoms with Crippen molar-refractivity contribution in [3.05, 3.63) is 80.2 Å². The summed E-state index contributed by atoms with van der Waals surface area (Å²) in [4.78, 5) is 0. The van der Waals surface area contributed by atoms with E-state index >= 15 is 0 Å². The SMILES string of the molecule is Brc1cccc2c1-c1ccccc1[PH2+]2.[C-]#[O+].[C-]#[O+].[C-]#[O+].[C-]#[O+].[C-]#[O+].[W]. The fraction of sp³-hybridized carbons (Fsp3) is 0. The number of fused-ring (bicyclic) bond motifs is 3. The summed E-state index contributed by atoms with van der Waals surface area (Å²) < 4.78 is 38.7. The average molecular weight is 588 g/mol. The minimum atomic E-state index is 0. The quantitative estimate of drug-likeness (QED) is 0.219. The van der Waals surface area contributed by atoms with Crippen LogP contribution in [0.5, 0.6) is 0 Å². The van der Waals surface area contributed by atoms with Crippen molar-refractivity contribution in [2.75, 3.05) is 0 Å². The molecule has 3 rings (SSSR count). The van der Waals surface area contributed by atoms with Crippen molar-refractivity contribution in [2.24, 2.45) is 0 Å². The Balaban J connectivity index is -0.000000176. The molecule has 0 aromatic heterocycles. The summed E-state index contributed by atoms with van der Waals surface area (Å²) in [5, 5.41) is 3.04. The van der Waals surface area contributed by atoms with Crippen LogP contribution < -0.4 is 10.6 Å². The van der Waals surface area contributed by atoms with Gasteiger partial charge in [0.05, 0.1) is 8.58 Å². The molecule has 0 saturated carbocycles. The molecule has 0 bridgehead atoms. The van der Waals surface area contributed by atoms with Crippen molar-refractivity contribution in [3.8, 4) is 11.1 Å². The van der Waals surface area contributed by atoms with Crippen LogP contribution in [0.2, 0.25) is 0 Å². The summed E-state index contributed by atoms with van der Waals surface area (Å²) >= 11 is 3.63. The fourth-order valence-corrected chi connectivity index (χ4v) is 4.37. The van der Waals surface area contributed by atoms with E-state index in [4.69, 9.17) is 23.3 Å². The maximum Gasteiger partial charge on any atom is 0 e. The molecule has 124 valence electrons. The summed E-state index contributed by atoms with van der Waals surface area (Å²) in [6, 6.07) is 15.2. The Labute approximate surface area is 170 Å². The number of hydrogen-bond acceptors (Lipinski definition) is 0. The van der Waals surface area contributed by atoms with Crippen LogP contribution in [0.4, 0.5) is 0 Å². The van der Waals surface area contributed by atoms with Gasteiger partial charge in [0.25, 0.3) is 0 Å². The normalized spacial score (nSPS) is 8.28. The zero-order chi connectivity index (χ0) is 19.5. The molecule has 0 spiro atoms. The molecule has 1 aliphatic rings. The molecule has 1 heterocycles. The van der Waals surface area contributed by atoms with Gasteiger partial charge in [0.15, 0.2) is 0 Å². The molecule has 25 heavy (non-hydrogen) atoms. The molecule has 0 saturated heterocycles. The van der Waals surface area contributed by atoms with Crippen molar-refractivity contribution in [1.29, 1.82) is 0 Å². The third kappa shape index (κ3) is 9.71. The van der Waals surface area contributed by atoms with Crippen LogP contribution in [0.1, 0.15) is 0 Å². The van der Waals surface area contributed by atoms with E-state index in [0.29, 0.717) is 8.58 Å². The summed E-state index contributed by atoms with van der Waals surface area (Å²) in [6.07, 6.45) is 0. The van der Waals surface area contributed by atoms with E-state index < -0.39 is 0 Å². The van der Waals surface area contributed by atoms with Gasteiger partial charge in [0, 0.05) is 36.7 Å². The van der Waals surface area contributed by atoms with E-state index in [1.165, 1.54) is 26.2 Å². The van der Waals surface area contributed by atoms with Gasteiger partial charge in [0.1, 0.15) is 10.6 Å².